The number of alkyl halides is 3. The molecule has 3 nitrogen and oxygen atoms in total. The first kappa shape index (κ1) is 13.1. The summed E-state index contributed by atoms with van der Waals surface area (Å²) < 4.78 is 37.5. The van der Waals surface area contributed by atoms with Gasteiger partial charge < -0.3 is 10.4 Å². The molecule has 1 aliphatic rings. The van der Waals surface area contributed by atoms with Gasteiger partial charge in [-0.25, -0.2) is 4.98 Å². The average Bonchev–Trinajstić information content (AvgIpc) is 2.75. The summed E-state index contributed by atoms with van der Waals surface area (Å²) in [6.07, 6.45) is -1.71. The Morgan fingerprint density at radius 1 is 1.33 bits per heavy atom. The molecule has 1 aliphatic carbocycles. The van der Waals surface area contributed by atoms with E-state index in [1.54, 1.807) is 0 Å². The number of halogens is 3. The van der Waals surface area contributed by atoms with Gasteiger partial charge in [-0.05, 0) is 25.0 Å². The van der Waals surface area contributed by atoms with Gasteiger partial charge in [-0.15, -0.1) is 0 Å². The molecule has 2 unspecified atom stereocenters. The van der Waals surface area contributed by atoms with E-state index < -0.39 is 11.9 Å². The summed E-state index contributed by atoms with van der Waals surface area (Å²) in [5, 5.41) is 12.1. The number of aliphatic hydroxyl groups excluding tert-OH is 1. The highest BCUT2D eigenvalue weighted by atomic mass is 19.4. The van der Waals surface area contributed by atoms with Crippen LogP contribution in [0.2, 0.25) is 0 Å². The van der Waals surface area contributed by atoms with Crippen molar-refractivity contribution in [1.82, 2.24) is 4.98 Å². The number of aliphatic hydroxyl groups is 1. The van der Waals surface area contributed by atoms with Crippen LogP contribution in [0.25, 0.3) is 0 Å². The Morgan fingerprint density at radius 3 is 2.78 bits per heavy atom. The first-order valence-corrected chi connectivity index (χ1v) is 5.92. The minimum atomic E-state index is -4.43. The van der Waals surface area contributed by atoms with Crippen LogP contribution in [0.5, 0.6) is 0 Å². The number of pyridine rings is 1. The second kappa shape index (κ2) is 5.14. The van der Waals surface area contributed by atoms with Crippen molar-refractivity contribution >= 4 is 5.82 Å². The zero-order valence-electron chi connectivity index (χ0n) is 9.74. The lowest BCUT2D eigenvalue weighted by molar-refractivity contribution is -0.141. The van der Waals surface area contributed by atoms with Gasteiger partial charge >= 0.3 is 6.18 Å². The van der Waals surface area contributed by atoms with Gasteiger partial charge in [0.1, 0.15) is 11.5 Å². The van der Waals surface area contributed by atoms with Crippen LogP contribution in [0.3, 0.4) is 0 Å². The predicted molar refractivity (Wildman–Crippen MR) is 61.1 cm³/mol. The second-order valence-corrected chi connectivity index (χ2v) is 4.53. The SMILES string of the molecule is OCC1CCCC1Nc1cccc(C(F)(F)F)n1. The Labute approximate surface area is 103 Å². The Morgan fingerprint density at radius 2 is 2.11 bits per heavy atom. The Kier molecular flexibility index (Phi) is 3.75. The number of aromatic nitrogens is 1. The fourth-order valence-electron chi connectivity index (χ4n) is 2.31. The smallest absolute Gasteiger partial charge is 0.396 e. The van der Waals surface area contributed by atoms with Gasteiger partial charge in [-0.2, -0.15) is 13.2 Å². The van der Waals surface area contributed by atoms with Gasteiger partial charge in [0, 0.05) is 18.6 Å². The van der Waals surface area contributed by atoms with Crippen LogP contribution in [-0.2, 0) is 6.18 Å². The molecule has 1 aromatic heterocycles. The maximum atomic E-state index is 12.5. The molecule has 0 aromatic carbocycles. The van der Waals surface area contributed by atoms with Gasteiger partial charge in [0.15, 0.2) is 0 Å². The van der Waals surface area contributed by atoms with Crippen molar-refractivity contribution < 1.29 is 18.3 Å². The summed E-state index contributed by atoms with van der Waals surface area (Å²) in [6.45, 7) is 0.0522. The van der Waals surface area contributed by atoms with E-state index >= 15 is 0 Å². The summed E-state index contributed by atoms with van der Waals surface area (Å²) >= 11 is 0. The quantitative estimate of drug-likeness (QED) is 0.878. The lowest BCUT2D eigenvalue weighted by Gasteiger charge is -2.20. The molecule has 0 saturated heterocycles. The topological polar surface area (TPSA) is 45.1 Å². The third-order valence-corrected chi connectivity index (χ3v) is 3.27. The van der Waals surface area contributed by atoms with Crippen LogP contribution < -0.4 is 5.32 Å². The fraction of sp³-hybridized carbons (Fsp3) is 0.583. The summed E-state index contributed by atoms with van der Waals surface area (Å²) in [5.74, 6) is 0.316. The van der Waals surface area contributed by atoms with Gasteiger partial charge in [0.05, 0.1) is 0 Å². The normalized spacial score (nSPS) is 24.2. The Bertz CT molecular complexity index is 409. The number of hydrogen-bond acceptors (Lipinski definition) is 3. The standard InChI is InChI=1S/C12H15F3N2O/c13-12(14,15)10-5-2-6-11(17-10)16-9-4-1-3-8(9)7-18/h2,5-6,8-9,18H,1,3-4,7H2,(H,16,17). The molecule has 0 spiro atoms. The lowest BCUT2D eigenvalue weighted by atomic mass is 10.1. The monoisotopic (exact) mass is 260 g/mol. The molecule has 1 heterocycles. The van der Waals surface area contributed by atoms with Crippen molar-refractivity contribution in [2.24, 2.45) is 5.92 Å². The highest BCUT2D eigenvalue weighted by Crippen LogP contribution is 2.30. The molecular formula is C12H15F3N2O. The Hall–Kier alpha value is -1.30. The van der Waals surface area contributed by atoms with E-state index in [9.17, 15) is 13.2 Å². The molecule has 2 rings (SSSR count). The van der Waals surface area contributed by atoms with E-state index in [1.807, 2.05) is 0 Å². The summed E-state index contributed by atoms with van der Waals surface area (Å²) in [5.41, 5.74) is -0.897. The van der Waals surface area contributed by atoms with E-state index in [2.05, 4.69) is 10.3 Å². The molecule has 0 amide bonds. The van der Waals surface area contributed by atoms with Gasteiger partial charge in [0.25, 0.3) is 0 Å². The van der Waals surface area contributed by atoms with E-state index in [4.69, 9.17) is 5.11 Å². The van der Waals surface area contributed by atoms with Crippen molar-refractivity contribution in [2.45, 2.75) is 31.5 Å². The van der Waals surface area contributed by atoms with E-state index in [1.165, 1.54) is 12.1 Å². The molecule has 2 atom stereocenters. The summed E-state index contributed by atoms with van der Waals surface area (Å²) in [6, 6.07) is 3.80. The van der Waals surface area contributed by atoms with Gasteiger partial charge in [0.2, 0.25) is 0 Å². The molecule has 6 heteroatoms. The number of nitrogens with one attached hydrogen (secondary N) is 1. The fourth-order valence-corrected chi connectivity index (χ4v) is 2.31. The highest BCUT2D eigenvalue weighted by Gasteiger charge is 2.33. The van der Waals surface area contributed by atoms with E-state index in [0.717, 1.165) is 25.3 Å². The van der Waals surface area contributed by atoms with Crippen LogP contribution in [-0.4, -0.2) is 22.7 Å². The van der Waals surface area contributed by atoms with Crippen LogP contribution >= 0.6 is 0 Å². The molecule has 0 radical (unpaired) electrons. The molecule has 0 aliphatic heterocycles. The zero-order valence-corrected chi connectivity index (χ0v) is 9.74. The second-order valence-electron chi connectivity index (χ2n) is 4.53. The number of rotatable bonds is 3. The van der Waals surface area contributed by atoms with E-state index in [-0.39, 0.29) is 24.4 Å². The number of hydrogen-bond donors (Lipinski definition) is 2. The summed E-state index contributed by atoms with van der Waals surface area (Å²) in [4.78, 5) is 3.56. The van der Waals surface area contributed by atoms with Crippen LogP contribution in [0, 0.1) is 5.92 Å². The predicted octanol–water partition coefficient (Wildman–Crippen LogP) is 2.67. The molecule has 100 valence electrons. The number of nitrogens with zero attached hydrogens (tertiary/aromatic N) is 1. The largest absolute Gasteiger partial charge is 0.433 e. The maximum Gasteiger partial charge on any atom is 0.433 e. The minimum Gasteiger partial charge on any atom is -0.396 e. The van der Waals surface area contributed by atoms with Crippen molar-refractivity contribution in [1.29, 1.82) is 0 Å². The third-order valence-electron chi connectivity index (χ3n) is 3.27. The van der Waals surface area contributed by atoms with Crippen LogP contribution in [0.4, 0.5) is 19.0 Å². The molecule has 1 fully saturated rings. The molecular weight excluding hydrogens is 245 g/mol. The molecule has 18 heavy (non-hydrogen) atoms. The van der Waals surface area contributed by atoms with Gasteiger partial charge in [-0.3, -0.25) is 0 Å². The van der Waals surface area contributed by atoms with Crippen molar-refractivity contribution in [3.8, 4) is 0 Å². The maximum absolute atomic E-state index is 12.5. The first-order valence-electron chi connectivity index (χ1n) is 5.92. The Balaban J connectivity index is 2.10. The summed E-state index contributed by atoms with van der Waals surface area (Å²) in [7, 11) is 0. The minimum absolute atomic E-state index is 0.00554. The van der Waals surface area contributed by atoms with Crippen molar-refractivity contribution in [2.75, 3.05) is 11.9 Å². The molecule has 0 bridgehead atoms. The zero-order chi connectivity index (χ0) is 13.2. The highest BCUT2D eigenvalue weighted by molar-refractivity contribution is 5.37. The molecule has 1 aromatic rings. The number of anilines is 1. The van der Waals surface area contributed by atoms with Crippen LogP contribution in [0.15, 0.2) is 18.2 Å². The lowest BCUT2D eigenvalue weighted by Crippen LogP contribution is -2.27. The van der Waals surface area contributed by atoms with Crippen molar-refractivity contribution in [3.05, 3.63) is 23.9 Å². The van der Waals surface area contributed by atoms with Crippen LogP contribution in [0.1, 0.15) is 25.0 Å². The third kappa shape index (κ3) is 2.93. The molecule has 1 saturated carbocycles. The van der Waals surface area contributed by atoms with E-state index in [0.29, 0.717) is 0 Å². The first-order chi connectivity index (χ1) is 8.50. The van der Waals surface area contributed by atoms with Gasteiger partial charge in [-0.1, -0.05) is 12.5 Å². The molecule has 2 N–H and O–H groups in total. The average molecular weight is 260 g/mol. The van der Waals surface area contributed by atoms with Crippen molar-refractivity contribution in [3.63, 3.8) is 0 Å².